The second kappa shape index (κ2) is 7.82. The summed E-state index contributed by atoms with van der Waals surface area (Å²) >= 11 is 0. The van der Waals surface area contributed by atoms with E-state index >= 15 is 0 Å². The van der Waals surface area contributed by atoms with E-state index in [9.17, 15) is 9.59 Å². The monoisotopic (exact) mass is 366 g/mol. The van der Waals surface area contributed by atoms with Crippen molar-refractivity contribution in [3.63, 3.8) is 0 Å². The smallest absolute Gasteiger partial charge is 0.240 e. The van der Waals surface area contributed by atoms with Crippen LogP contribution < -0.4 is 15.4 Å². The fourth-order valence-electron chi connectivity index (χ4n) is 2.94. The van der Waals surface area contributed by atoms with Gasteiger partial charge in [0.15, 0.2) is 0 Å². The number of anilines is 2. The van der Waals surface area contributed by atoms with Crippen LogP contribution in [0.25, 0.3) is 0 Å². The lowest BCUT2D eigenvalue weighted by atomic mass is 10.0. The molecule has 0 radical (unpaired) electrons. The maximum atomic E-state index is 12.7. The van der Waals surface area contributed by atoms with Gasteiger partial charge < -0.3 is 15.4 Å². The largest absolute Gasteiger partial charge is 0.494 e. The van der Waals surface area contributed by atoms with E-state index in [1.165, 1.54) is 5.56 Å². The second-order valence-electron chi connectivity index (χ2n) is 7.22. The molecule has 1 aliphatic carbocycles. The van der Waals surface area contributed by atoms with Crippen molar-refractivity contribution in [1.82, 2.24) is 0 Å². The lowest BCUT2D eigenvalue weighted by Crippen LogP contribution is -2.35. The Labute approximate surface area is 160 Å². The standard InChI is InChI=1S/C22H26N2O3/c1-4-27-19-11-9-18(10-12-19)24-21(26)22(13-14-22)20(25)23-17-7-5-16(6-8-17)15(2)3/h5-12,15H,4,13-14H2,1-3H3,(H,23,25)(H,24,26). The molecule has 0 spiro atoms. The molecule has 5 heteroatoms. The lowest BCUT2D eigenvalue weighted by Gasteiger charge is -2.16. The number of rotatable bonds is 7. The normalized spacial score (nSPS) is 14.5. The molecular formula is C22H26N2O3. The zero-order valence-corrected chi connectivity index (χ0v) is 16.0. The van der Waals surface area contributed by atoms with Gasteiger partial charge in [0.25, 0.3) is 0 Å². The summed E-state index contributed by atoms with van der Waals surface area (Å²) in [4.78, 5) is 25.4. The molecular weight excluding hydrogens is 340 g/mol. The van der Waals surface area contributed by atoms with Crippen LogP contribution in [0.4, 0.5) is 11.4 Å². The third kappa shape index (κ3) is 4.30. The summed E-state index contributed by atoms with van der Waals surface area (Å²) in [7, 11) is 0. The van der Waals surface area contributed by atoms with Gasteiger partial charge in [-0.15, -0.1) is 0 Å². The fraction of sp³-hybridized carbons (Fsp3) is 0.364. The topological polar surface area (TPSA) is 67.4 Å². The zero-order valence-electron chi connectivity index (χ0n) is 16.0. The SMILES string of the molecule is CCOc1ccc(NC(=O)C2(C(=O)Nc3ccc(C(C)C)cc3)CC2)cc1. The maximum absolute atomic E-state index is 12.7. The minimum absolute atomic E-state index is 0.247. The first-order chi connectivity index (χ1) is 12.9. The van der Waals surface area contributed by atoms with Gasteiger partial charge in [-0.2, -0.15) is 0 Å². The highest BCUT2D eigenvalue weighted by atomic mass is 16.5. The Morgan fingerprint density at radius 1 is 0.926 bits per heavy atom. The molecule has 1 aliphatic rings. The van der Waals surface area contributed by atoms with Crippen LogP contribution in [0.1, 0.15) is 45.1 Å². The molecule has 0 aliphatic heterocycles. The summed E-state index contributed by atoms with van der Waals surface area (Å²) in [5, 5.41) is 5.73. The van der Waals surface area contributed by atoms with E-state index in [-0.39, 0.29) is 11.8 Å². The molecule has 0 aromatic heterocycles. The molecule has 2 aromatic carbocycles. The number of ether oxygens (including phenoxy) is 1. The maximum Gasteiger partial charge on any atom is 0.240 e. The van der Waals surface area contributed by atoms with Crippen LogP contribution in [-0.2, 0) is 9.59 Å². The van der Waals surface area contributed by atoms with E-state index in [2.05, 4.69) is 24.5 Å². The van der Waals surface area contributed by atoms with Crippen molar-refractivity contribution in [2.24, 2.45) is 5.41 Å². The highest BCUT2D eigenvalue weighted by molar-refractivity contribution is 6.16. The molecule has 0 heterocycles. The van der Waals surface area contributed by atoms with E-state index in [1.807, 2.05) is 31.2 Å². The summed E-state index contributed by atoms with van der Waals surface area (Å²) < 4.78 is 5.40. The van der Waals surface area contributed by atoms with Crippen LogP contribution in [-0.4, -0.2) is 18.4 Å². The van der Waals surface area contributed by atoms with Gasteiger partial charge in [0.2, 0.25) is 11.8 Å². The van der Waals surface area contributed by atoms with Crippen molar-refractivity contribution in [1.29, 1.82) is 0 Å². The van der Waals surface area contributed by atoms with Gasteiger partial charge in [-0.25, -0.2) is 0 Å². The molecule has 0 bridgehead atoms. The summed E-state index contributed by atoms with van der Waals surface area (Å²) in [6, 6.07) is 14.9. The predicted octanol–water partition coefficient (Wildman–Crippen LogP) is 4.57. The average Bonchev–Trinajstić information content (AvgIpc) is 3.46. The number of carbonyl (C=O) groups is 2. The Morgan fingerprint density at radius 3 is 1.81 bits per heavy atom. The summed E-state index contributed by atoms with van der Waals surface area (Å²) in [5.74, 6) is 0.676. The molecule has 0 saturated heterocycles. The van der Waals surface area contributed by atoms with Crippen molar-refractivity contribution in [3.8, 4) is 5.75 Å². The van der Waals surface area contributed by atoms with Gasteiger partial charge in [0, 0.05) is 11.4 Å². The number of carbonyl (C=O) groups excluding carboxylic acids is 2. The molecule has 2 N–H and O–H groups in total. The molecule has 142 valence electrons. The molecule has 2 amide bonds. The summed E-state index contributed by atoms with van der Waals surface area (Å²) in [5.41, 5.74) is 1.60. The molecule has 3 rings (SSSR count). The average molecular weight is 366 g/mol. The lowest BCUT2D eigenvalue weighted by molar-refractivity contribution is -0.131. The van der Waals surface area contributed by atoms with Crippen LogP contribution in [0.3, 0.4) is 0 Å². The Balaban J connectivity index is 1.63. The number of nitrogens with one attached hydrogen (secondary N) is 2. The summed E-state index contributed by atoms with van der Waals surface area (Å²) in [6.07, 6.45) is 1.12. The van der Waals surface area contributed by atoms with E-state index < -0.39 is 5.41 Å². The highest BCUT2D eigenvalue weighted by Gasteiger charge is 2.56. The van der Waals surface area contributed by atoms with Crippen LogP contribution in [0.15, 0.2) is 48.5 Å². The predicted molar refractivity (Wildman–Crippen MR) is 107 cm³/mol. The molecule has 1 fully saturated rings. The van der Waals surface area contributed by atoms with Crippen LogP contribution in [0.5, 0.6) is 5.75 Å². The Kier molecular flexibility index (Phi) is 5.49. The van der Waals surface area contributed by atoms with Gasteiger partial charge in [-0.05, 0) is 67.6 Å². The molecule has 0 atom stereocenters. The fourth-order valence-corrected chi connectivity index (χ4v) is 2.94. The zero-order chi connectivity index (χ0) is 19.4. The number of hydrogen-bond acceptors (Lipinski definition) is 3. The van der Waals surface area contributed by atoms with Crippen molar-refractivity contribution >= 4 is 23.2 Å². The molecule has 2 aromatic rings. The number of hydrogen-bond donors (Lipinski definition) is 2. The van der Waals surface area contributed by atoms with Gasteiger partial charge in [0.05, 0.1) is 6.61 Å². The first-order valence-electron chi connectivity index (χ1n) is 9.40. The molecule has 27 heavy (non-hydrogen) atoms. The minimum atomic E-state index is -0.977. The van der Waals surface area contributed by atoms with Gasteiger partial charge in [0.1, 0.15) is 11.2 Å². The molecule has 1 saturated carbocycles. The Hall–Kier alpha value is -2.82. The second-order valence-corrected chi connectivity index (χ2v) is 7.22. The third-order valence-corrected chi connectivity index (χ3v) is 4.88. The first kappa shape index (κ1) is 19.0. The molecule has 0 unspecified atom stereocenters. The van der Waals surface area contributed by atoms with Gasteiger partial charge in [-0.3, -0.25) is 9.59 Å². The van der Waals surface area contributed by atoms with E-state index in [0.29, 0.717) is 36.7 Å². The quantitative estimate of drug-likeness (QED) is 0.706. The number of amides is 2. The van der Waals surface area contributed by atoms with Gasteiger partial charge in [-0.1, -0.05) is 26.0 Å². The van der Waals surface area contributed by atoms with Crippen molar-refractivity contribution in [3.05, 3.63) is 54.1 Å². The van der Waals surface area contributed by atoms with Crippen LogP contribution in [0, 0.1) is 5.41 Å². The Bertz CT molecular complexity index is 806. The molecule has 5 nitrogen and oxygen atoms in total. The van der Waals surface area contributed by atoms with Crippen molar-refractivity contribution in [2.75, 3.05) is 17.2 Å². The van der Waals surface area contributed by atoms with E-state index in [4.69, 9.17) is 4.74 Å². The highest BCUT2D eigenvalue weighted by Crippen LogP contribution is 2.47. The van der Waals surface area contributed by atoms with E-state index in [0.717, 1.165) is 5.75 Å². The van der Waals surface area contributed by atoms with Crippen LogP contribution >= 0.6 is 0 Å². The van der Waals surface area contributed by atoms with E-state index in [1.54, 1.807) is 24.3 Å². The Morgan fingerprint density at radius 2 is 1.41 bits per heavy atom. The van der Waals surface area contributed by atoms with Crippen LogP contribution in [0.2, 0.25) is 0 Å². The third-order valence-electron chi connectivity index (χ3n) is 4.88. The van der Waals surface area contributed by atoms with Gasteiger partial charge >= 0.3 is 0 Å². The number of benzene rings is 2. The summed E-state index contributed by atoms with van der Waals surface area (Å²) in [6.45, 7) is 6.75. The van der Waals surface area contributed by atoms with Crippen molar-refractivity contribution in [2.45, 2.75) is 39.5 Å². The first-order valence-corrected chi connectivity index (χ1v) is 9.40. The minimum Gasteiger partial charge on any atom is -0.494 e. The van der Waals surface area contributed by atoms with Crippen molar-refractivity contribution < 1.29 is 14.3 Å².